The second-order valence-corrected chi connectivity index (χ2v) is 13.4. The number of carbonyl (C=O) groups is 1. The number of rotatable bonds is 7. The van der Waals surface area contributed by atoms with E-state index in [1.54, 1.807) is 0 Å². The molecule has 3 aliphatic heterocycles. The minimum Gasteiger partial charge on any atom is -0.461 e. The third-order valence-electron chi connectivity index (χ3n) is 10.9. The lowest BCUT2D eigenvalue weighted by Gasteiger charge is -2.41. The average molecular weight is 611 g/mol. The van der Waals surface area contributed by atoms with Crippen molar-refractivity contribution in [2.75, 3.05) is 44.2 Å². The van der Waals surface area contributed by atoms with Gasteiger partial charge in [-0.25, -0.2) is 8.78 Å². The summed E-state index contributed by atoms with van der Waals surface area (Å²) in [6.45, 7) is 6.53. The highest BCUT2D eigenvalue weighted by Gasteiger charge is 2.47. The molecule has 10 heteroatoms. The molecule has 5 aliphatic rings. The molecule has 8 rings (SSSR count). The van der Waals surface area contributed by atoms with E-state index in [2.05, 4.69) is 23.6 Å². The van der Waals surface area contributed by atoms with Crippen molar-refractivity contribution < 1.29 is 18.3 Å². The van der Waals surface area contributed by atoms with Gasteiger partial charge in [0.2, 0.25) is 0 Å². The molecular formula is C35H36F2N6O2. The predicted octanol–water partition coefficient (Wildman–Crippen LogP) is 5.52. The van der Waals surface area contributed by atoms with Crippen LogP contribution in [0.5, 0.6) is 6.01 Å². The van der Waals surface area contributed by atoms with Crippen molar-refractivity contribution in [3.05, 3.63) is 59.7 Å². The Morgan fingerprint density at radius 1 is 1.13 bits per heavy atom. The maximum atomic E-state index is 16.2. The smallest absolute Gasteiger partial charge is 0.319 e. The van der Waals surface area contributed by atoms with E-state index in [9.17, 15) is 14.4 Å². The standard InChI is InChI=1S/C35H36F2N6O2/c1-21(36)33(44)43-14-13-41(19-24(43)7-10-38)32-28-17-29(37)27(25-6-2-5-22-15-23-16-26(23)31(22)25)18-30(28)39-34(40-32)45-20-35-8-3-11-42(35)12-4-9-35/h2,5-6,17-18,23-24,26H,1,3-4,7-9,11-16,19-20H2/t23-,24+,26+/m1/s1. The first-order chi connectivity index (χ1) is 21.8. The van der Waals surface area contributed by atoms with E-state index in [1.165, 1.54) is 22.1 Å². The van der Waals surface area contributed by atoms with Gasteiger partial charge in [-0.3, -0.25) is 9.69 Å². The van der Waals surface area contributed by atoms with Gasteiger partial charge in [0.15, 0.2) is 5.83 Å². The van der Waals surface area contributed by atoms with Gasteiger partial charge in [-0.1, -0.05) is 24.8 Å². The van der Waals surface area contributed by atoms with Crippen molar-refractivity contribution in [3.63, 3.8) is 0 Å². The summed E-state index contributed by atoms with van der Waals surface area (Å²) in [6, 6.07) is 11.3. The van der Waals surface area contributed by atoms with E-state index in [4.69, 9.17) is 14.7 Å². The van der Waals surface area contributed by atoms with Crippen molar-refractivity contribution >= 4 is 22.6 Å². The number of aromatic nitrogens is 2. The van der Waals surface area contributed by atoms with Crippen LogP contribution in [0.1, 0.15) is 55.6 Å². The number of piperazine rings is 1. The number of carbonyl (C=O) groups excluding carboxylic acids is 1. The van der Waals surface area contributed by atoms with Crippen molar-refractivity contribution in [2.45, 2.75) is 62.4 Å². The summed E-state index contributed by atoms with van der Waals surface area (Å²) in [4.78, 5) is 28.1. The van der Waals surface area contributed by atoms with E-state index < -0.39 is 17.8 Å². The Balaban J connectivity index is 1.20. The topological polar surface area (TPSA) is 85.6 Å². The number of halogens is 2. The fourth-order valence-corrected chi connectivity index (χ4v) is 8.61. The summed E-state index contributed by atoms with van der Waals surface area (Å²) >= 11 is 0. The number of hydrogen-bond acceptors (Lipinski definition) is 7. The second kappa shape index (κ2) is 10.8. The molecule has 232 valence electrons. The van der Waals surface area contributed by atoms with E-state index in [1.807, 2.05) is 23.1 Å². The Hall–Kier alpha value is -4.10. The van der Waals surface area contributed by atoms with Crippen LogP contribution in [0.3, 0.4) is 0 Å². The number of ether oxygens (including phenoxy) is 1. The third kappa shape index (κ3) is 4.75. The first-order valence-corrected chi connectivity index (χ1v) is 16.1. The second-order valence-electron chi connectivity index (χ2n) is 13.4. The zero-order chi connectivity index (χ0) is 30.9. The predicted molar refractivity (Wildman–Crippen MR) is 166 cm³/mol. The molecule has 4 heterocycles. The monoisotopic (exact) mass is 610 g/mol. The Labute approximate surface area is 261 Å². The van der Waals surface area contributed by atoms with Crippen molar-refractivity contribution in [1.29, 1.82) is 5.26 Å². The highest BCUT2D eigenvalue weighted by Crippen LogP contribution is 2.58. The van der Waals surface area contributed by atoms with E-state index >= 15 is 4.39 Å². The molecule has 2 aliphatic carbocycles. The molecule has 3 aromatic rings. The molecule has 0 N–H and O–H groups in total. The lowest BCUT2D eigenvalue weighted by atomic mass is 9.93. The van der Waals surface area contributed by atoms with Crippen LogP contribution < -0.4 is 9.64 Å². The number of nitrogens with zero attached hydrogens (tertiary/aromatic N) is 6. The van der Waals surface area contributed by atoms with Gasteiger partial charge in [0.05, 0.1) is 29.6 Å². The minimum absolute atomic E-state index is 0.00350. The van der Waals surface area contributed by atoms with Crippen molar-refractivity contribution in [1.82, 2.24) is 19.8 Å². The van der Waals surface area contributed by atoms with Crippen LogP contribution in [0, 0.1) is 23.1 Å². The van der Waals surface area contributed by atoms with Crippen LogP contribution >= 0.6 is 0 Å². The van der Waals surface area contributed by atoms with Crippen LogP contribution in [0.2, 0.25) is 0 Å². The molecule has 0 unspecified atom stereocenters. The lowest BCUT2D eigenvalue weighted by Crippen LogP contribution is -2.55. The Kier molecular flexibility index (Phi) is 6.79. The zero-order valence-electron chi connectivity index (χ0n) is 25.3. The molecule has 1 aromatic heterocycles. The zero-order valence-corrected chi connectivity index (χ0v) is 25.3. The highest BCUT2D eigenvalue weighted by atomic mass is 19.1. The maximum Gasteiger partial charge on any atom is 0.319 e. The van der Waals surface area contributed by atoms with Crippen LogP contribution in [0.25, 0.3) is 22.0 Å². The van der Waals surface area contributed by atoms with Gasteiger partial charge in [-0.05, 0) is 92.3 Å². The first kappa shape index (κ1) is 28.4. The van der Waals surface area contributed by atoms with Gasteiger partial charge in [-0.2, -0.15) is 15.2 Å². The fraction of sp³-hybridized carbons (Fsp3) is 0.486. The Morgan fingerprint density at radius 2 is 1.96 bits per heavy atom. The molecule has 2 aromatic carbocycles. The largest absolute Gasteiger partial charge is 0.461 e. The van der Waals surface area contributed by atoms with Gasteiger partial charge in [-0.15, -0.1) is 0 Å². The number of hydrogen-bond donors (Lipinski definition) is 0. The van der Waals surface area contributed by atoms with Gasteiger partial charge in [0.1, 0.15) is 18.2 Å². The Bertz CT molecular complexity index is 1760. The van der Waals surface area contributed by atoms with Gasteiger partial charge < -0.3 is 14.5 Å². The van der Waals surface area contributed by atoms with E-state index in [-0.39, 0.29) is 36.9 Å². The number of amides is 1. The lowest BCUT2D eigenvalue weighted by molar-refractivity contribution is -0.131. The molecule has 4 fully saturated rings. The number of anilines is 1. The number of benzene rings is 2. The van der Waals surface area contributed by atoms with Crippen LogP contribution in [-0.2, 0) is 11.2 Å². The van der Waals surface area contributed by atoms with Gasteiger partial charge in [0.25, 0.3) is 5.91 Å². The van der Waals surface area contributed by atoms with Gasteiger partial charge in [0, 0.05) is 30.6 Å². The molecule has 3 atom stereocenters. The molecular weight excluding hydrogens is 574 g/mol. The molecule has 0 radical (unpaired) electrons. The van der Waals surface area contributed by atoms with Gasteiger partial charge >= 0.3 is 6.01 Å². The van der Waals surface area contributed by atoms with Crippen molar-refractivity contribution in [3.8, 4) is 23.2 Å². The fourth-order valence-electron chi connectivity index (χ4n) is 8.61. The summed E-state index contributed by atoms with van der Waals surface area (Å²) in [7, 11) is 0. The third-order valence-corrected chi connectivity index (χ3v) is 10.9. The summed E-state index contributed by atoms with van der Waals surface area (Å²) in [5.41, 5.74) is 4.61. The Morgan fingerprint density at radius 3 is 2.73 bits per heavy atom. The number of fused-ring (bicyclic) bond motifs is 5. The molecule has 0 bridgehead atoms. The molecule has 3 saturated heterocycles. The van der Waals surface area contributed by atoms with Crippen LogP contribution in [0.15, 0.2) is 42.7 Å². The number of nitriles is 1. The summed E-state index contributed by atoms with van der Waals surface area (Å²) in [6.07, 6.45) is 6.68. The summed E-state index contributed by atoms with van der Waals surface area (Å²) in [5.74, 6) is -0.551. The van der Waals surface area contributed by atoms with Crippen LogP contribution in [0.4, 0.5) is 14.6 Å². The quantitative estimate of drug-likeness (QED) is 0.326. The normalized spacial score (nSPS) is 24.7. The van der Waals surface area contributed by atoms with Crippen LogP contribution in [-0.4, -0.2) is 76.6 Å². The first-order valence-electron chi connectivity index (χ1n) is 16.1. The summed E-state index contributed by atoms with van der Waals surface area (Å²) < 4.78 is 36.4. The van der Waals surface area contributed by atoms with E-state index in [0.29, 0.717) is 47.3 Å². The van der Waals surface area contributed by atoms with Crippen molar-refractivity contribution in [2.24, 2.45) is 5.92 Å². The molecule has 1 saturated carbocycles. The SMILES string of the molecule is C=C(F)C(=O)N1CCN(c2nc(OCC34CCCN3CCC4)nc3cc(-c4cccc5c4[C@H]4C[C@H]4C5)c(F)cc23)C[C@@H]1CC#N. The minimum atomic E-state index is -1.05. The van der Waals surface area contributed by atoms with E-state index in [0.717, 1.165) is 57.2 Å². The maximum absolute atomic E-state index is 16.2. The average Bonchev–Trinajstić information content (AvgIpc) is 3.32. The molecule has 45 heavy (non-hydrogen) atoms. The molecule has 8 nitrogen and oxygen atoms in total. The summed E-state index contributed by atoms with van der Waals surface area (Å²) in [5, 5.41) is 10.1. The molecule has 0 spiro atoms. The molecule has 1 amide bonds. The highest BCUT2D eigenvalue weighted by molar-refractivity contribution is 5.94.